The number of rotatable bonds is 3. The summed E-state index contributed by atoms with van der Waals surface area (Å²) in [5.41, 5.74) is 0.652. The molecule has 0 saturated heterocycles. The van der Waals surface area contributed by atoms with Crippen molar-refractivity contribution in [3.8, 4) is 0 Å². The van der Waals surface area contributed by atoms with Crippen molar-refractivity contribution in [1.82, 2.24) is 0 Å². The Morgan fingerprint density at radius 3 is 1.89 bits per heavy atom. The van der Waals surface area contributed by atoms with Crippen LogP contribution in [0.5, 0.6) is 0 Å². The van der Waals surface area contributed by atoms with Crippen LogP contribution < -0.4 is 0 Å². The molecule has 3 saturated carbocycles. The number of hydrogen-bond donors (Lipinski definition) is 0. The largest absolute Gasteiger partial charge is 0.204 e. The second-order valence-electron chi connectivity index (χ2n) is 9.60. The number of allylic oxidation sites excluding steroid dienone is 2. The normalized spacial score (nSPS) is 36.4. The summed E-state index contributed by atoms with van der Waals surface area (Å²) in [6, 6.07) is 2.44. The van der Waals surface area contributed by atoms with E-state index in [4.69, 9.17) is 0 Å². The van der Waals surface area contributed by atoms with Crippen LogP contribution in [0.1, 0.15) is 82.6 Å². The van der Waals surface area contributed by atoms with E-state index in [0.717, 1.165) is 42.9 Å². The third-order valence-corrected chi connectivity index (χ3v) is 8.08. The van der Waals surface area contributed by atoms with Crippen molar-refractivity contribution in [1.29, 1.82) is 0 Å². The Bertz CT molecular complexity index is 679. The van der Waals surface area contributed by atoms with Gasteiger partial charge in [0.25, 0.3) is 0 Å². The zero-order valence-corrected chi connectivity index (χ0v) is 17.0. The third kappa shape index (κ3) is 4.19. The standard InChI is InChI=1S/C25H33F3/c1-2-3-16-4-6-17(7-5-16)18-8-9-20-13-21(11-10-19(20)12-18)22-14-23(26)25(28)24(27)15-22/h2-3,14-21H,4-13H2,1H3/b3-2+. The first kappa shape index (κ1) is 20.0. The van der Waals surface area contributed by atoms with Crippen LogP contribution in [0.15, 0.2) is 24.3 Å². The van der Waals surface area contributed by atoms with Gasteiger partial charge in [-0.05, 0) is 124 Å². The van der Waals surface area contributed by atoms with Gasteiger partial charge in [0.2, 0.25) is 0 Å². The van der Waals surface area contributed by atoms with Crippen molar-refractivity contribution in [2.24, 2.45) is 29.6 Å². The molecule has 0 N–H and O–H groups in total. The number of benzene rings is 1. The van der Waals surface area contributed by atoms with E-state index in [1.54, 1.807) is 0 Å². The summed E-state index contributed by atoms with van der Waals surface area (Å²) < 4.78 is 40.6. The lowest BCUT2D eigenvalue weighted by Gasteiger charge is -2.45. The summed E-state index contributed by atoms with van der Waals surface area (Å²) in [6.45, 7) is 2.12. The van der Waals surface area contributed by atoms with Gasteiger partial charge in [-0.15, -0.1) is 0 Å². The van der Waals surface area contributed by atoms with Crippen LogP contribution in [0.4, 0.5) is 13.2 Å². The fourth-order valence-corrected chi connectivity index (χ4v) is 6.55. The quantitative estimate of drug-likeness (QED) is 0.365. The van der Waals surface area contributed by atoms with E-state index in [2.05, 4.69) is 19.1 Å². The van der Waals surface area contributed by atoms with Gasteiger partial charge in [0, 0.05) is 0 Å². The minimum atomic E-state index is -1.35. The average molecular weight is 391 g/mol. The highest BCUT2D eigenvalue weighted by atomic mass is 19.2. The van der Waals surface area contributed by atoms with Gasteiger partial charge in [-0.3, -0.25) is 0 Å². The molecule has 154 valence electrons. The van der Waals surface area contributed by atoms with E-state index in [-0.39, 0.29) is 5.92 Å². The Morgan fingerprint density at radius 1 is 0.714 bits per heavy atom. The Labute approximate surface area is 167 Å². The van der Waals surface area contributed by atoms with Crippen molar-refractivity contribution in [2.75, 3.05) is 0 Å². The number of fused-ring (bicyclic) bond motifs is 1. The minimum absolute atomic E-state index is 0.179. The minimum Gasteiger partial charge on any atom is -0.204 e. The molecule has 3 aliphatic carbocycles. The molecular formula is C25H33F3. The van der Waals surface area contributed by atoms with Gasteiger partial charge in [-0.25, -0.2) is 13.2 Å². The molecule has 0 amide bonds. The summed E-state index contributed by atoms with van der Waals surface area (Å²) >= 11 is 0. The second-order valence-corrected chi connectivity index (χ2v) is 9.60. The summed E-state index contributed by atoms with van der Waals surface area (Å²) in [7, 11) is 0. The van der Waals surface area contributed by atoms with Crippen molar-refractivity contribution in [3.05, 3.63) is 47.3 Å². The van der Waals surface area contributed by atoms with Gasteiger partial charge in [0.05, 0.1) is 0 Å². The highest BCUT2D eigenvalue weighted by molar-refractivity contribution is 5.24. The Hall–Kier alpha value is -1.25. The zero-order valence-electron chi connectivity index (χ0n) is 17.0. The Morgan fingerprint density at radius 2 is 1.25 bits per heavy atom. The van der Waals surface area contributed by atoms with Crippen LogP contribution >= 0.6 is 0 Å². The predicted molar refractivity (Wildman–Crippen MR) is 107 cm³/mol. The lowest BCUT2D eigenvalue weighted by molar-refractivity contribution is 0.0747. The van der Waals surface area contributed by atoms with Crippen molar-refractivity contribution < 1.29 is 13.2 Å². The van der Waals surface area contributed by atoms with Gasteiger partial charge in [0.15, 0.2) is 17.5 Å². The van der Waals surface area contributed by atoms with Crippen LogP contribution in [0.3, 0.4) is 0 Å². The fraction of sp³-hybridized carbons (Fsp3) is 0.680. The van der Waals surface area contributed by atoms with Crippen LogP contribution in [0.2, 0.25) is 0 Å². The molecule has 1 aromatic carbocycles. The first-order valence-electron chi connectivity index (χ1n) is 11.3. The van der Waals surface area contributed by atoms with Crippen LogP contribution in [0.25, 0.3) is 0 Å². The molecule has 1 aromatic rings. The van der Waals surface area contributed by atoms with E-state index in [0.29, 0.717) is 11.5 Å². The van der Waals surface area contributed by atoms with Gasteiger partial charge >= 0.3 is 0 Å². The molecule has 4 unspecified atom stereocenters. The van der Waals surface area contributed by atoms with Gasteiger partial charge in [-0.2, -0.15) is 0 Å². The maximum atomic E-state index is 13.6. The van der Waals surface area contributed by atoms with Gasteiger partial charge < -0.3 is 0 Å². The van der Waals surface area contributed by atoms with Crippen molar-refractivity contribution >= 4 is 0 Å². The molecule has 4 atom stereocenters. The third-order valence-electron chi connectivity index (χ3n) is 8.08. The van der Waals surface area contributed by atoms with E-state index >= 15 is 0 Å². The summed E-state index contributed by atoms with van der Waals surface area (Å²) in [5.74, 6) is 0.767. The molecule has 0 radical (unpaired) electrons. The lowest BCUT2D eigenvalue weighted by Crippen LogP contribution is -2.34. The molecule has 0 nitrogen and oxygen atoms in total. The van der Waals surface area contributed by atoms with E-state index in [1.165, 1.54) is 57.1 Å². The lowest BCUT2D eigenvalue weighted by atomic mass is 9.60. The van der Waals surface area contributed by atoms with E-state index in [1.807, 2.05) is 0 Å². The van der Waals surface area contributed by atoms with E-state index in [9.17, 15) is 13.2 Å². The number of halogens is 3. The molecule has 0 heterocycles. The molecule has 3 heteroatoms. The average Bonchev–Trinajstić information content (AvgIpc) is 2.71. The van der Waals surface area contributed by atoms with Crippen molar-refractivity contribution in [2.45, 2.75) is 77.0 Å². The maximum Gasteiger partial charge on any atom is 0.194 e. The topological polar surface area (TPSA) is 0 Å². The first-order chi connectivity index (χ1) is 13.5. The molecule has 0 aliphatic heterocycles. The molecule has 0 bridgehead atoms. The first-order valence-corrected chi connectivity index (χ1v) is 11.3. The number of hydrogen-bond acceptors (Lipinski definition) is 0. The summed E-state index contributed by atoms with van der Waals surface area (Å²) in [4.78, 5) is 0. The SMILES string of the molecule is C/C=C/C1CCC(C2CCC3CC(c4cc(F)c(F)c(F)c4)CCC3C2)CC1. The smallest absolute Gasteiger partial charge is 0.194 e. The molecule has 0 spiro atoms. The predicted octanol–water partition coefficient (Wildman–Crippen LogP) is 7.79. The van der Waals surface area contributed by atoms with Crippen molar-refractivity contribution in [3.63, 3.8) is 0 Å². The molecule has 28 heavy (non-hydrogen) atoms. The van der Waals surface area contributed by atoms with Crippen LogP contribution in [0, 0.1) is 47.0 Å². The second kappa shape index (κ2) is 8.63. The highest BCUT2D eigenvalue weighted by Crippen LogP contribution is 2.51. The molecule has 3 aliphatic rings. The molecule has 3 fully saturated rings. The fourth-order valence-electron chi connectivity index (χ4n) is 6.55. The summed E-state index contributed by atoms with van der Waals surface area (Å²) in [5, 5.41) is 0. The van der Waals surface area contributed by atoms with E-state index < -0.39 is 17.5 Å². The zero-order chi connectivity index (χ0) is 19.7. The molecule has 0 aromatic heterocycles. The monoisotopic (exact) mass is 390 g/mol. The van der Waals surface area contributed by atoms with Crippen LogP contribution in [-0.4, -0.2) is 0 Å². The Kier molecular flexibility index (Phi) is 6.18. The van der Waals surface area contributed by atoms with Gasteiger partial charge in [-0.1, -0.05) is 12.2 Å². The maximum absolute atomic E-state index is 13.6. The van der Waals surface area contributed by atoms with Crippen LogP contribution in [-0.2, 0) is 0 Å². The Balaban J connectivity index is 1.34. The summed E-state index contributed by atoms with van der Waals surface area (Å²) in [6.07, 6.45) is 17.1. The van der Waals surface area contributed by atoms with Gasteiger partial charge in [0.1, 0.15) is 0 Å². The molecule has 4 rings (SSSR count). The molecular weight excluding hydrogens is 357 g/mol. The highest BCUT2D eigenvalue weighted by Gasteiger charge is 2.39.